The molecule has 1 heterocycles. The normalized spacial score (nSPS) is 11.0. The topological polar surface area (TPSA) is 104 Å². The van der Waals surface area contributed by atoms with E-state index in [-0.39, 0.29) is 12.0 Å². The molecule has 0 unspecified atom stereocenters. The van der Waals surface area contributed by atoms with E-state index in [1.54, 1.807) is 11.5 Å². The molecule has 0 fully saturated rings. The smallest absolute Gasteiger partial charge is 0.270 e. The number of hydrogen-bond donors (Lipinski definition) is 3. The number of carbonyl (C=O) groups is 1. The summed E-state index contributed by atoms with van der Waals surface area (Å²) in [6.07, 6.45) is 1.95. The lowest BCUT2D eigenvalue weighted by atomic mass is 10.1. The molecular formula is C24H23N3O4. The highest BCUT2D eigenvalue weighted by Crippen LogP contribution is 2.31. The molecule has 0 radical (unpaired) electrons. The van der Waals surface area contributed by atoms with Gasteiger partial charge in [0.2, 0.25) is 5.91 Å². The lowest BCUT2D eigenvalue weighted by Gasteiger charge is -2.12. The van der Waals surface area contributed by atoms with E-state index in [1.807, 2.05) is 54.6 Å². The highest BCUT2D eigenvalue weighted by atomic mass is 16.5. The van der Waals surface area contributed by atoms with Crippen molar-refractivity contribution in [3.63, 3.8) is 0 Å². The lowest BCUT2D eigenvalue weighted by Crippen LogP contribution is -2.18. The highest BCUT2D eigenvalue weighted by molar-refractivity contribution is 6.07. The molecule has 1 amide bonds. The number of nitrogens with zero attached hydrogens (tertiary/aromatic N) is 1. The van der Waals surface area contributed by atoms with Crippen molar-refractivity contribution in [1.82, 2.24) is 15.4 Å². The molecule has 0 saturated carbocycles. The molecule has 31 heavy (non-hydrogen) atoms. The molecule has 158 valence electrons. The number of H-pyrrole nitrogens is 1. The number of amides is 1. The van der Waals surface area contributed by atoms with E-state index in [4.69, 9.17) is 14.9 Å². The van der Waals surface area contributed by atoms with Gasteiger partial charge in [0, 0.05) is 29.7 Å². The van der Waals surface area contributed by atoms with Gasteiger partial charge in [0.1, 0.15) is 11.4 Å². The van der Waals surface area contributed by atoms with Crippen molar-refractivity contribution in [2.45, 2.75) is 25.7 Å². The van der Waals surface area contributed by atoms with Gasteiger partial charge >= 0.3 is 0 Å². The first kappa shape index (κ1) is 20.6. The molecule has 3 aromatic carbocycles. The number of ether oxygens (including phenoxy) is 1. The van der Waals surface area contributed by atoms with Gasteiger partial charge in [0.15, 0.2) is 0 Å². The number of benzene rings is 3. The second-order valence-corrected chi connectivity index (χ2v) is 7.33. The molecule has 3 N–H and O–H groups in total. The van der Waals surface area contributed by atoms with Crippen LogP contribution in [-0.4, -0.2) is 27.7 Å². The summed E-state index contributed by atoms with van der Waals surface area (Å²) in [5, 5.41) is 10.4. The van der Waals surface area contributed by atoms with Crippen molar-refractivity contribution in [3.05, 3.63) is 82.3 Å². The second kappa shape index (κ2) is 9.40. The first-order valence-electron chi connectivity index (χ1n) is 10.2. The molecular weight excluding hydrogens is 394 g/mol. The van der Waals surface area contributed by atoms with Crippen LogP contribution in [0.2, 0.25) is 0 Å². The van der Waals surface area contributed by atoms with Crippen molar-refractivity contribution in [3.8, 4) is 5.75 Å². The number of aromatic nitrogens is 2. The third kappa shape index (κ3) is 4.73. The van der Waals surface area contributed by atoms with Gasteiger partial charge in [-0.3, -0.25) is 14.8 Å². The van der Waals surface area contributed by atoms with Crippen LogP contribution < -0.4 is 15.8 Å². The third-order valence-electron chi connectivity index (χ3n) is 5.13. The van der Waals surface area contributed by atoms with Crippen molar-refractivity contribution in [1.29, 1.82) is 0 Å². The summed E-state index contributed by atoms with van der Waals surface area (Å²) in [6, 6.07) is 19.4. The lowest BCUT2D eigenvalue weighted by molar-refractivity contribution is -0.129. The van der Waals surface area contributed by atoms with Crippen LogP contribution in [0.1, 0.15) is 30.5 Å². The van der Waals surface area contributed by atoms with Gasteiger partial charge in [0.25, 0.3) is 5.56 Å². The van der Waals surface area contributed by atoms with Crippen LogP contribution in [0.25, 0.3) is 21.8 Å². The van der Waals surface area contributed by atoms with Gasteiger partial charge in [-0.05, 0) is 18.4 Å². The standard InChI is InChI=1S/C24H23N3O4/c28-22(27-30)12-6-7-13-31-21-15-19-23(18-11-5-4-10-17(18)21)25-20(24(29)26-19)14-16-8-2-1-3-9-16/h1-5,8-11,15,30H,6-7,12-14H2,(H,26,29)(H,27,28). The van der Waals surface area contributed by atoms with Crippen molar-refractivity contribution in [2.24, 2.45) is 0 Å². The summed E-state index contributed by atoms with van der Waals surface area (Å²) in [7, 11) is 0. The van der Waals surface area contributed by atoms with Crippen LogP contribution in [-0.2, 0) is 11.2 Å². The molecule has 0 atom stereocenters. The maximum Gasteiger partial charge on any atom is 0.270 e. The van der Waals surface area contributed by atoms with E-state index in [0.29, 0.717) is 42.8 Å². The van der Waals surface area contributed by atoms with E-state index >= 15 is 0 Å². The molecule has 7 heteroatoms. The minimum atomic E-state index is -0.411. The zero-order valence-electron chi connectivity index (χ0n) is 16.9. The van der Waals surface area contributed by atoms with Crippen LogP contribution in [0.3, 0.4) is 0 Å². The fourth-order valence-electron chi connectivity index (χ4n) is 3.58. The van der Waals surface area contributed by atoms with Crippen LogP contribution in [0.5, 0.6) is 5.75 Å². The zero-order valence-corrected chi connectivity index (χ0v) is 16.9. The summed E-state index contributed by atoms with van der Waals surface area (Å²) in [5.41, 5.74) is 4.26. The van der Waals surface area contributed by atoms with Crippen LogP contribution >= 0.6 is 0 Å². The van der Waals surface area contributed by atoms with E-state index in [1.165, 1.54) is 0 Å². The minimum absolute atomic E-state index is 0.215. The van der Waals surface area contributed by atoms with Crippen LogP contribution in [0, 0.1) is 0 Å². The molecule has 0 saturated heterocycles. The summed E-state index contributed by atoms with van der Waals surface area (Å²) in [4.78, 5) is 31.4. The van der Waals surface area contributed by atoms with Gasteiger partial charge in [-0.2, -0.15) is 0 Å². The van der Waals surface area contributed by atoms with E-state index in [9.17, 15) is 9.59 Å². The Morgan fingerprint density at radius 2 is 1.77 bits per heavy atom. The number of rotatable bonds is 8. The SMILES string of the molecule is O=C(CCCCOc1cc2[nH]c(=O)c(Cc3ccccc3)nc2c2ccccc12)NO. The maximum absolute atomic E-state index is 12.7. The molecule has 0 spiro atoms. The van der Waals surface area contributed by atoms with Gasteiger partial charge < -0.3 is 9.72 Å². The molecule has 0 aliphatic rings. The van der Waals surface area contributed by atoms with Crippen LogP contribution in [0.15, 0.2) is 65.5 Å². The number of carbonyl (C=O) groups excluding carboxylic acids is 1. The third-order valence-corrected chi connectivity index (χ3v) is 5.13. The van der Waals surface area contributed by atoms with E-state index < -0.39 is 5.91 Å². The minimum Gasteiger partial charge on any atom is -0.493 e. The Morgan fingerprint density at radius 3 is 2.55 bits per heavy atom. The average Bonchev–Trinajstić information content (AvgIpc) is 2.80. The van der Waals surface area contributed by atoms with Crippen molar-refractivity contribution >= 4 is 27.7 Å². The largest absolute Gasteiger partial charge is 0.493 e. The molecule has 1 aromatic heterocycles. The number of nitrogens with one attached hydrogen (secondary N) is 2. The summed E-state index contributed by atoms with van der Waals surface area (Å²) >= 11 is 0. The Morgan fingerprint density at radius 1 is 1.03 bits per heavy atom. The summed E-state index contributed by atoms with van der Waals surface area (Å²) in [6.45, 7) is 0.415. The number of hydrogen-bond acceptors (Lipinski definition) is 5. The molecule has 0 aliphatic heterocycles. The number of aromatic amines is 1. The molecule has 4 aromatic rings. The monoisotopic (exact) mass is 417 g/mol. The van der Waals surface area contributed by atoms with Crippen molar-refractivity contribution < 1.29 is 14.7 Å². The Hall–Kier alpha value is -3.71. The first-order chi connectivity index (χ1) is 15.2. The van der Waals surface area contributed by atoms with E-state index in [0.717, 1.165) is 21.9 Å². The number of fused-ring (bicyclic) bond motifs is 3. The Labute approximate surface area is 178 Å². The Kier molecular flexibility index (Phi) is 6.24. The zero-order chi connectivity index (χ0) is 21.6. The first-order valence-corrected chi connectivity index (χ1v) is 10.2. The van der Waals surface area contributed by atoms with E-state index in [2.05, 4.69) is 4.98 Å². The second-order valence-electron chi connectivity index (χ2n) is 7.33. The summed E-state index contributed by atoms with van der Waals surface area (Å²) in [5.74, 6) is 0.245. The summed E-state index contributed by atoms with van der Waals surface area (Å²) < 4.78 is 5.96. The predicted molar refractivity (Wildman–Crippen MR) is 118 cm³/mol. The number of hydroxylamine groups is 1. The van der Waals surface area contributed by atoms with Gasteiger partial charge in [0.05, 0.1) is 17.6 Å². The van der Waals surface area contributed by atoms with Gasteiger partial charge in [-0.1, -0.05) is 54.6 Å². The average molecular weight is 417 g/mol. The molecule has 0 aliphatic carbocycles. The quantitative estimate of drug-likeness (QED) is 0.175. The predicted octanol–water partition coefficient (Wildman–Crippen LogP) is 3.72. The molecule has 4 rings (SSSR count). The molecule has 0 bridgehead atoms. The van der Waals surface area contributed by atoms with Crippen molar-refractivity contribution in [2.75, 3.05) is 6.61 Å². The Bertz CT molecular complexity index is 1270. The Balaban J connectivity index is 1.64. The van der Waals surface area contributed by atoms with Gasteiger partial charge in [-0.15, -0.1) is 0 Å². The maximum atomic E-state index is 12.7. The number of unbranched alkanes of at least 4 members (excludes halogenated alkanes) is 1. The fourth-order valence-corrected chi connectivity index (χ4v) is 3.58. The van der Waals surface area contributed by atoms with Crippen LogP contribution in [0.4, 0.5) is 0 Å². The molecule has 7 nitrogen and oxygen atoms in total. The fraction of sp³-hybridized carbons (Fsp3) is 0.208. The van der Waals surface area contributed by atoms with Gasteiger partial charge in [-0.25, -0.2) is 10.5 Å². The highest BCUT2D eigenvalue weighted by Gasteiger charge is 2.13.